The third kappa shape index (κ3) is 4.60. The van der Waals surface area contributed by atoms with E-state index in [9.17, 15) is 9.59 Å². The van der Waals surface area contributed by atoms with E-state index in [0.29, 0.717) is 17.6 Å². The van der Waals surface area contributed by atoms with Crippen molar-refractivity contribution in [3.05, 3.63) is 58.8 Å². The summed E-state index contributed by atoms with van der Waals surface area (Å²) < 4.78 is 7.22. The van der Waals surface area contributed by atoms with Crippen LogP contribution in [0, 0.1) is 0 Å². The Morgan fingerprint density at radius 2 is 1.90 bits per heavy atom. The second-order valence-electron chi connectivity index (χ2n) is 7.68. The molecule has 162 valence electrons. The van der Waals surface area contributed by atoms with E-state index < -0.39 is 5.91 Å². The number of carbonyl (C=O) groups excluding carboxylic acids is 1. The number of hydrogen-bond donors (Lipinski definition) is 2. The molecule has 1 fully saturated rings. The molecule has 9 heteroatoms. The standard InChI is InChI=1S/C22H26N6O3/c1-15(18-13-24-20(31-18)16-8-4-2-5-9-16)26-17-12-25-22(27-10-6-3-7-11-27)28(21(17)30)14-19(23)29/h2,4-5,8-9,12-13,15,26H,3,6-7,10-11,14H2,1H3,(H2,23,29). The van der Waals surface area contributed by atoms with Gasteiger partial charge in [0.25, 0.3) is 5.56 Å². The van der Waals surface area contributed by atoms with Gasteiger partial charge in [-0.15, -0.1) is 0 Å². The third-order valence-corrected chi connectivity index (χ3v) is 5.32. The minimum Gasteiger partial charge on any atom is -0.439 e. The molecule has 1 saturated heterocycles. The van der Waals surface area contributed by atoms with Crippen LogP contribution in [-0.2, 0) is 11.3 Å². The number of carbonyl (C=O) groups is 1. The molecule has 1 unspecified atom stereocenters. The van der Waals surface area contributed by atoms with Crippen molar-refractivity contribution in [3.63, 3.8) is 0 Å². The smallest absolute Gasteiger partial charge is 0.278 e. The molecule has 4 rings (SSSR count). The van der Waals surface area contributed by atoms with E-state index >= 15 is 0 Å². The minimum absolute atomic E-state index is 0.220. The van der Waals surface area contributed by atoms with Crippen LogP contribution in [0.15, 0.2) is 51.9 Å². The Morgan fingerprint density at radius 3 is 2.61 bits per heavy atom. The third-order valence-electron chi connectivity index (χ3n) is 5.32. The summed E-state index contributed by atoms with van der Waals surface area (Å²) in [6.45, 7) is 3.25. The first-order valence-electron chi connectivity index (χ1n) is 10.4. The number of oxazole rings is 1. The molecule has 0 spiro atoms. The molecular weight excluding hydrogens is 396 g/mol. The molecule has 1 aliphatic heterocycles. The van der Waals surface area contributed by atoms with Gasteiger partial charge in [-0.3, -0.25) is 14.2 Å². The first kappa shape index (κ1) is 20.6. The monoisotopic (exact) mass is 422 g/mol. The predicted octanol–water partition coefficient (Wildman–Crippen LogP) is 2.55. The Bertz CT molecular complexity index is 1100. The maximum atomic E-state index is 13.1. The highest BCUT2D eigenvalue weighted by Crippen LogP contribution is 2.24. The summed E-state index contributed by atoms with van der Waals surface area (Å²) in [5, 5.41) is 3.13. The molecule has 1 amide bonds. The van der Waals surface area contributed by atoms with E-state index in [1.165, 1.54) is 10.8 Å². The fourth-order valence-electron chi connectivity index (χ4n) is 3.73. The number of nitrogens with zero attached hydrogens (tertiary/aromatic N) is 4. The number of benzene rings is 1. The van der Waals surface area contributed by atoms with Crippen LogP contribution in [0.3, 0.4) is 0 Å². The summed E-state index contributed by atoms with van der Waals surface area (Å²) in [4.78, 5) is 35.6. The van der Waals surface area contributed by atoms with Crippen LogP contribution in [0.5, 0.6) is 0 Å². The molecule has 1 aliphatic rings. The van der Waals surface area contributed by atoms with E-state index in [4.69, 9.17) is 10.2 Å². The second kappa shape index (κ2) is 9.03. The molecule has 3 aromatic rings. The zero-order chi connectivity index (χ0) is 21.8. The number of hydrogen-bond acceptors (Lipinski definition) is 7. The summed E-state index contributed by atoms with van der Waals surface area (Å²) in [5.74, 6) is 0.983. The summed E-state index contributed by atoms with van der Waals surface area (Å²) in [7, 11) is 0. The fourth-order valence-corrected chi connectivity index (χ4v) is 3.73. The molecule has 0 aliphatic carbocycles. The van der Waals surface area contributed by atoms with Gasteiger partial charge < -0.3 is 20.4 Å². The summed E-state index contributed by atoms with van der Waals surface area (Å²) in [6, 6.07) is 9.26. The van der Waals surface area contributed by atoms with Crippen molar-refractivity contribution in [1.29, 1.82) is 0 Å². The average Bonchev–Trinajstić information content (AvgIpc) is 3.28. The molecule has 3 N–H and O–H groups in total. The average molecular weight is 422 g/mol. The lowest BCUT2D eigenvalue weighted by atomic mass is 10.1. The number of aromatic nitrogens is 3. The van der Waals surface area contributed by atoms with Gasteiger partial charge in [-0.1, -0.05) is 18.2 Å². The van der Waals surface area contributed by atoms with Gasteiger partial charge in [-0.2, -0.15) is 0 Å². The SMILES string of the molecule is CC(Nc1cnc(N2CCCCC2)n(CC(N)=O)c1=O)c1cnc(-c2ccccc2)o1. The van der Waals surface area contributed by atoms with Crippen molar-refractivity contribution in [2.75, 3.05) is 23.3 Å². The molecule has 9 nitrogen and oxygen atoms in total. The molecule has 0 radical (unpaired) electrons. The number of amides is 1. The van der Waals surface area contributed by atoms with Crippen molar-refractivity contribution in [2.45, 2.75) is 38.8 Å². The van der Waals surface area contributed by atoms with Crippen molar-refractivity contribution < 1.29 is 9.21 Å². The number of primary amides is 1. The number of nitrogens with two attached hydrogens (primary N) is 1. The number of anilines is 2. The first-order chi connectivity index (χ1) is 15.0. The molecule has 0 bridgehead atoms. The Hall–Kier alpha value is -3.62. The molecule has 31 heavy (non-hydrogen) atoms. The van der Waals surface area contributed by atoms with Crippen LogP contribution >= 0.6 is 0 Å². The van der Waals surface area contributed by atoms with E-state index in [2.05, 4.69) is 15.3 Å². The molecular formula is C22H26N6O3. The predicted molar refractivity (Wildman–Crippen MR) is 118 cm³/mol. The van der Waals surface area contributed by atoms with E-state index in [1.807, 2.05) is 42.2 Å². The summed E-state index contributed by atoms with van der Waals surface area (Å²) in [5.41, 5.74) is 6.20. The fraction of sp³-hybridized carbons (Fsp3) is 0.364. The zero-order valence-electron chi connectivity index (χ0n) is 17.5. The lowest BCUT2D eigenvalue weighted by Gasteiger charge is -2.29. The van der Waals surface area contributed by atoms with Crippen LogP contribution in [0.25, 0.3) is 11.5 Å². The van der Waals surface area contributed by atoms with Gasteiger partial charge in [-0.05, 0) is 38.3 Å². The lowest BCUT2D eigenvalue weighted by Crippen LogP contribution is -2.39. The molecule has 3 heterocycles. The number of nitrogens with one attached hydrogen (secondary N) is 1. The Morgan fingerprint density at radius 1 is 1.16 bits per heavy atom. The second-order valence-corrected chi connectivity index (χ2v) is 7.68. The highest BCUT2D eigenvalue weighted by Gasteiger charge is 2.21. The molecule has 2 aromatic heterocycles. The highest BCUT2D eigenvalue weighted by atomic mass is 16.4. The quantitative estimate of drug-likeness (QED) is 0.600. The number of rotatable bonds is 7. The van der Waals surface area contributed by atoms with Crippen LogP contribution in [0.4, 0.5) is 11.6 Å². The Labute approximate surface area is 179 Å². The van der Waals surface area contributed by atoms with E-state index in [1.54, 1.807) is 6.20 Å². The Kier molecular flexibility index (Phi) is 6.01. The van der Waals surface area contributed by atoms with Gasteiger partial charge >= 0.3 is 0 Å². The maximum Gasteiger partial charge on any atom is 0.278 e. The summed E-state index contributed by atoms with van der Waals surface area (Å²) >= 11 is 0. The van der Waals surface area contributed by atoms with Gasteiger partial charge in [0.1, 0.15) is 18.0 Å². The van der Waals surface area contributed by atoms with Crippen LogP contribution < -0.4 is 21.5 Å². The molecule has 1 aromatic carbocycles. The van der Waals surface area contributed by atoms with Crippen LogP contribution in [0.1, 0.15) is 38.0 Å². The van der Waals surface area contributed by atoms with E-state index in [0.717, 1.165) is 37.9 Å². The minimum atomic E-state index is -0.588. The first-order valence-corrected chi connectivity index (χ1v) is 10.4. The van der Waals surface area contributed by atoms with Gasteiger partial charge in [0, 0.05) is 18.7 Å². The molecule has 0 saturated carbocycles. The van der Waals surface area contributed by atoms with Crippen molar-refractivity contribution in [3.8, 4) is 11.5 Å². The van der Waals surface area contributed by atoms with Crippen molar-refractivity contribution >= 4 is 17.5 Å². The van der Waals surface area contributed by atoms with Crippen LogP contribution in [-0.4, -0.2) is 33.5 Å². The van der Waals surface area contributed by atoms with E-state index in [-0.39, 0.29) is 23.8 Å². The molecule has 1 atom stereocenters. The summed E-state index contributed by atoms with van der Waals surface area (Å²) in [6.07, 6.45) is 6.35. The van der Waals surface area contributed by atoms with Gasteiger partial charge in [0.2, 0.25) is 17.7 Å². The normalized spacial score (nSPS) is 14.9. The van der Waals surface area contributed by atoms with Gasteiger partial charge in [0.05, 0.1) is 18.4 Å². The largest absolute Gasteiger partial charge is 0.439 e. The lowest BCUT2D eigenvalue weighted by molar-refractivity contribution is -0.118. The van der Waals surface area contributed by atoms with Gasteiger partial charge in [-0.25, -0.2) is 9.97 Å². The maximum absolute atomic E-state index is 13.1. The van der Waals surface area contributed by atoms with Crippen molar-refractivity contribution in [2.24, 2.45) is 5.73 Å². The highest BCUT2D eigenvalue weighted by molar-refractivity contribution is 5.74. The number of piperidine rings is 1. The Balaban J connectivity index is 1.58. The zero-order valence-corrected chi connectivity index (χ0v) is 17.5. The van der Waals surface area contributed by atoms with Crippen LogP contribution in [0.2, 0.25) is 0 Å². The topological polar surface area (TPSA) is 119 Å². The van der Waals surface area contributed by atoms with Gasteiger partial charge in [0.15, 0.2) is 0 Å². The van der Waals surface area contributed by atoms with Crippen molar-refractivity contribution in [1.82, 2.24) is 14.5 Å².